The predicted octanol–water partition coefficient (Wildman–Crippen LogP) is 3.40. The Kier molecular flexibility index (Phi) is 3.56. The lowest BCUT2D eigenvalue weighted by Gasteiger charge is -2.38. The van der Waals surface area contributed by atoms with Crippen LogP contribution in [0.2, 0.25) is 0 Å². The van der Waals surface area contributed by atoms with Crippen LogP contribution in [0, 0.1) is 6.92 Å². The number of aromatic nitrogens is 1. The molecule has 0 saturated carbocycles. The molecule has 27 heavy (non-hydrogen) atoms. The number of nitrogens with zero attached hydrogens (tertiary/aromatic N) is 1. The maximum Gasteiger partial charge on any atom is 0.245 e. The molecule has 0 N–H and O–H groups in total. The second-order valence-electron chi connectivity index (χ2n) is 8.50. The van der Waals surface area contributed by atoms with Crippen LogP contribution in [0.5, 0.6) is 0 Å². The largest absolute Gasteiger partial charge is 0.348 e. The van der Waals surface area contributed by atoms with Gasteiger partial charge in [-0.15, -0.1) is 0 Å². The summed E-state index contributed by atoms with van der Waals surface area (Å²) in [5.74, 6) is -2.61. The Morgan fingerprint density at radius 1 is 1.00 bits per heavy atom. The van der Waals surface area contributed by atoms with E-state index in [2.05, 4.69) is 13.0 Å². The minimum absolute atomic E-state index is 0.271. The van der Waals surface area contributed by atoms with E-state index in [1.54, 1.807) is 0 Å². The van der Waals surface area contributed by atoms with Crippen LogP contribution in [0.1, 0.15) is 39.0 Å². The van der Waals surface area contributed by atoms with E-state index in [-0.39, 0.29) is 12.2 Å². The highest BCUT2D eigenvalue weighted by Crippen LogP contribution is 2.53. The number of ether oxygens (including phenoxy) is 5. The lowest BCUT2D eigenvalue weighted by atomic mass is 9.98. The second kappa shape index (κ2) is 5.49. The lowest BCUT2D eigenvalue weighted by molar-refractivity contribution is -0.330. The molecule has 6 heteroatoms. The number of fused-ring (bicyclic) bond motifs is 4. The van der Waals surface area contributed by atoms with Crippen LogP contribution in [0.3, 0.4) is 0 Å². The van der Waals surface area contributed by atoms with Crippen molar-refractivity contribution in [2.45, 2.75) is 70.3 Å². The van der Waals surface area contributed by atoms with Gasteiger partial charge in [0.05, 0.1) is 12.1 Å². The molecule has 0 bridgehead atoms. The normalized spacial score (nSPS) is 36.6. The van der Waals surface area contributed by atoms with Crippen LogP contribution < -0.4 is 0 Å². The van der Waals surface area contributed by atoms with Crippen molar-refractivity contribution in [2.75, 3.05) is 6.61 Å². The summed E-state index contributed by atoms with van der Waals surface area (Å²) in [6, 6.07) is 10.1. The zero-order valence-corrected chi connectivity index (χ0v) is 16.3. The van der Waals surface area contributed by atoms with Gasteiger partial charge in [0.1, 0.15) is 24.0 Å². The molecular formula is C21H25NO5. The molecule has 5 rings (SSSR count). The predicted molar refractivity (Wildman–Crippen MR) is 98.0 cm³/mol. The Labute approximate surface area is 158 Å². The van der Waals surface area contributed by atoms with Gasteiger partial charge >= 0.3 is 0 Å². The Hall–Kier alpha value is -1.57. The van der Waals surface area contributed by atoms with Gasteiger partial charge in [0, 0.05) is 5.39 Å². The first-order chi connectivity index (χ1) is 12.7. The molecule has 144 valence electrons. The van der Waals surface area contributed by atoms with Gasteiger partial charge in [0.15, 0.2) is 11.6 Å². The third-order valence-electron chi connectivity index (χ3n) is 5.47. The van der Waals surface area contributed by atoms with E-state index in [0.717, 1.165) is 16.5 Å². The molecule has 1 aromatic carbocycles. The Morgan fingerprint density at radius 3 is 2.59 bits per heavy atom. The highest BCUT2D eigenvalue weighted by molar-refractivity contribution is 5.82. The first kappa shape index (κ1) is 17.5. The molecule has 0 aliphatic carbocycles. The van der Waals surface area contributed by atoms with Gasteiger partial charge in [-0.1, -0.05) is 18.2 Å². The summed E-state index contributed by atoms with van der Waals surface area (Å²) in [5.41, 5.74) is 2.74. The number of para-hydroxylation sites is 1. The van der Waals surface area contributed by atoms with Crippen molar-refractivity contribution in [1.29, 1.82) is 0 Å². The lowest BCUT2D eigenvalue weighted by Crippen LogP contribution is -2.51. The molecular weight excluding hydrogens is 346 g/mol. The third-order valence-corrected chi connectivity index (χ3v) is 5.47. The molecule has 3 fully saturated rings. The summed E-state index contributed by atoms with van der Waals surface area (Å²) in [6.45, 7) is 10.1. The van der Waals surface area contributed by atoms with Gasteiger partial charge < -0.3 is 23.7 Å². The van der Waals surface area contributed by atoms with Gasteiger partial charge in [0.2, 0.25) is 5.79 Å². The molecule has 4 atom stereocenters. The maximum absolute atomic E-state index is 6.44. The fourth-order valence-corrected chi connectivity index (χ4v) is 4.39. The molecule has 1 aromatic heterocycles. The Balaban J connectivity index is 1.65. The van der Waals surface area contributed by atoms with E-state index in [1.165, 1.54) is 0 Å². The van der Waals surface area contributed by atoms with Crippen LogP contribution in [0.25, 0.3) is 10.9 Å². The minimum Gasteiger partial charge on any atom is -0.348 e. The zero-order chi connectivity index (χ0) is 19.0. The fraction of sp³-hybridized carbons (Fsp3) is 0.571. The number of hydrogen-bond donors (Lipinski definition) is 0. The molecule has 4 heterocycles. The minimum atomic E-state index is -1.11. The average molecular weight is 371 g/mol. The van der Waals surface area contributed by atoms with Crippen LogP contribution in [0.4, 0.5) is 0 Å². The molecule has 0 spiro atoms. The summed E-state index contributed by atoms with van der Waals surface area (Å²) in [7, 11) is 0. The van der Waals surface area contributed by atoms with Crippen molar-refractivity contribution in [3.63, 3.8) is 0 Å². The molecule has 6 nitrogen and oxygen atoms in total. The van der Waals surface area contributed by atoms with Crippen LogP contribution in [-0.4, -0.2) is 41.5 Å². The first-order valence-corrected chi connectivity index (χ1v) is 9.44. The van der Waals surface area contributed by atoms with Crippen LogP contribution in [0.15, 0.2) is 30.3 Å². The summed E-state index contributed by atoms with van der Waals surface area (Å²) >= 11 is 0. The van der Waals surface area contributed by atoms with Gasteiger partial charge in [0.25, 0.3) is 0 Å². The number of hydrogen-bond acceptors (Lipinski definition) is 6. The molecule has 2 aromatic rings. The van der Waals surface area contributed by atoms with Gasteiger partial charge in [-0.25, -0.2) is 4.98 Å². The van der Waals surface area contributed by atoms with Gasteiger partial charge in [-0.05, 0) is 52.3 Å². The van der Waals surface area contributed by atoms with Crippen LogP contribution in [-0.2, 0) is 29.5 Å². The van der Waals surface area contributed by atoms with E-state index in [4.69, 9.17) is 28.7 Å². The van der Waals surface area contributed by atoms with E-state index in [9.17, 15) is 0 Å². The number of rotatable bonds is 1. The second-order valence-corrected chi connectivity index (χ2v) is 8.50. The fourth-order valence-electron chi connectivity index (χ4n) is 4.39. The van der Waals surface area contributed by atoms with Crippen LogP contribution >= 0.6 is 0 Å². The van der Waals surface area contributed by atoms with Gasteiger partial charge in [-0.3, -0.25) is 0 Å². The van der Waals surface area contributed by atoms with Crippen molar-refractivity contribution in [3.8, 4) is 0 Å². The topological polar surface area (TPSA) is 59.0 Å². The Morgan fingerprint density at radius 2 is 1.78 bits per heavy atom. The summed E-state index contributed by atoms with van der Waals surface area (Å²) < 4.78 is 31.1. The monoisotopic (exact) mass is 371 g/mol. The standard InChI is InChI=1S/C21H25NO5/c1-12-10-16(22-14-9-7-6-8-13(12)14)21-18(26-20(4,5)27-21)17-15(24-21)11-23-19(2,3)25-17/h6-10,15,17-18H,11H2,1-5H3/t15-,17-,18+,21+/m0/s1. The van der Waals surface area contributed by atoms with E-state index in [0.29, 0.717) is 12.3 Å². The Bertz CT molecular complexity index is 911. The van der Waals surface area contributed by atoms with Gasteiger partial charge in [-0.2, -0.15) is 0 Å². The van der Waals surface area contributed by atoms with Crippen molar-refractivity contribution in [2.24, 2.45) is 0 Å². The molecule has 0 unspecified atom stereocenters. The molecule has 3 saturated heterocycles. The average Bonchev–Trinajstić information content (AvgIpc) is 3.02. The summed E-state index contributed by atoms with van der Waals surface area (Å²) in [6.07, 6.45) is -0.981. The zero-order valence-electron chi connectivity index (χ0n) is 16.3. The van der Waals surface area contributed by atoms with E-state index in [1.807, 2.05) is 52.0 Å². The SMILES string of the molecule is Cc1cc([C@]23O[C@H]4COC(C)(C)O[C@@H]4[C@H]2OC(C)(C)O3)nc2ccccc12. The third kappa shape index (κ3) is 2.62. The number of pyridine rings is 1. The maximum atomic E-state index is 6.44. The van der Waals surface area contributed by atoms with E-state index >= 15 is 0 Å². The smallest absolute Gasteiger partial charge is 0.245 e. The quantitative estimate of drug-likeness (QED) is 0.766. The summed E-state index contributed by atoms with van der Waals surface area (Å²) in [4.78, 5) is 4.88. The van der Waals surface area contributed by atoms with Crippen molar-refractivity contribution in [3.05, 3.63) is 41.6 Å². The highest BCUT2D eigenvalue weighted by Gasteiger charge is 2.68. The first-order valence-electron chi connectivity index (χ1n) is 9.44. The molecule has 3 aliphatic rings. The van der Waals surface area contributed by atoms with E-state index < -0.39 is 23.5 Å². The molecule has 3 aliphatic heterocycles. The van der Waals surface area contributed by atoms with Crippen molar-refractivity contribution in [1.82, 2.24) is 4.98 Å². The number of aryl methyl sites for hydroxylation is 1. The summed E-state index contributed by atoms with van der Waals surface area (Å²) in [5, 5.41) is 1.11. The molecule has 0 amide bonds. The number of benzene rings is 1. The highest BCUT2D eigenvalue weighted by atomic mass is 16.9. The van der Waals surface area contributed by atoms with Crippen molar-refractivity contribution < 1.29 is 23.7 Å². The molecule has 0 radical (unpaired) electrons. The van der Waals surface area contributed by atoms with Crippen molar-refractivity contribution >= 4 is 10.9 Å².